The van der Waals surface area contributed by atoms with Crippen LogP contribution in [0.5, 0.6) is 0 Å². The third-order valence-electron chi connectivity index (χ3n) is 7.04. The lowest BCUT2D eigenvalue weighted by Gasteiger charge is -2.38. The molecule has 0 spiro atoms. The van der Waals surface area contributed by atoms with Gasteiger partial charge in [0.05, 0.1) is 17.6 Å². The monoisotopic (exact) mass is 441 g/mol. The van der Waals surface area contributed by atoms with Crippen molar-refractivity contribution in [3.8, 4) is 22.5 Å². The average Bonchev–Trinajstić information content (AvgIpc) is 2.78. The van der Waals surface area contributed by atoms with E-state index >= 15 is 0 Å². The largest absolute Gasteiger partial charge is 0.352 e. The molecule has 0 unspecified atom stereocenters. The van der Waals surface area contributed by atoms with Gasteiger partial charge in [-0.3, -0.25) is 14.8 Å². The van der Waals surface area contributed by atoms with E-state index in [0.717, 1.165) is 72.9 Å². The quantitative estimate of drug-likeness (QED) is 0.593. The second kappa shape index (κ2) is 8.93. The van der Waals surface area contributed by atoms with Gasteiger partial charge in [-0.15, -0.1) is 0 Å². The summed E-state index contributed by atoms with van der Waals surface area (Å²) in [5.41, 5.74) is 7.42. The minimum absolute atomic E-state index is 0.259. The zero-order chi connectivity index (χ0) is 22.9. The van der Waals surface area contributed by atoms with Gasteiger partial charge in [-0.05, 0) is 50.8 Å². The van der Waals surface area contributed by atoms with Crippen molar-refractivity contribution in [3.63, 3.8) is 0 Å². The molecule has 0 atom stereocenters. The van der Waals surface area contributed by atoms with E-state index in [0.29, 0.717) is 5.91 Å². The lowest BCUT2D eigenvalue weighted by atomic mass is 9.84. The Hall–Kier alpha value is -3.28. The van der Waals surface area contributed by atoms with Gasteiger partial charge in [0.25, 0.3) is 0 Å². The van der Waals surface area contributed by atoms with Gasteiger partial charge in [0, 0.05) is 55.6 Å². The molecule has 2 aliphatic rings. The normalized spacial score (nSPS) is 16.6. The molecule has 5 rings (SSSR count). The maximum absolute atomic E-state index is 12.6. The van der Waals surface area contributed by atoms with Crippen LogP contribution in [0.1, 0.15) is 36.0 Å². The standard InChI is InChI=1S/C27H31N5O/c1-18-7-8-22(19(2)15-18)25-26(23-9-10-28-16-20(23)3)30-24(17-29-25)31-11-13-32(14-12-31)27(33)21-5-4-6-21/h7-10,15-17,21H,4-6,11-14H2,1-3H3. The number of aryl methyl sites for hydroxylation is 3. The van der Waals surface area contributed by atoms with E-state index < -0.39 is 0 Å². The highest BCUT2D eigenvalue weighted by atomic mass is 16.2. The van der Waals surface area contributed by atoms with Gasteiger partial charge in [-0.1, -0.05) is 30.2 Å². The summed E-state index contributed by atoms with van der Waals surface area (Å²) in [4.78, 5) is 31.3. The molecule has 2 fully saturated rings. The number of rotatable bonds is 4. The minimum atomic E-state index is 0.259. The fraction of sp³-hybridized carbons (Fsp3) is 0.407. The number of carbonyl (C=O) groups excluding carboxylic acids is 1. The summed E-state index contributed by atoms with van der Waals surface area (Å²) in [6, 6.07) is 8.47. The number of carbonyl (C=O) groups is 1. The summed E-state index contributed by atoms with van der Waals surface area (Å²) < 4.78 is 0. The van der Waals surface area contributed by atoms with E-state index in [1.807, 2.05) is 29.6 Å². The lowest BCUT2D eigenvalue weighted by Crippen LogP contribution is -2.51. The van der Waals surface area contributed by atoms with Crippen molar-refractivity contribution in [2.75, 3.05) is 31.1 Å². The van der Waals surface area contributed by atoms with Gasteiger partial charge in [-0.25, -0.2) is 4.98 Å². The number of hydrogen-bond acceptors (Lipinski definition) is 5. The molecule has 1 saturated carbocycles. The highest BCUT2D eigenvalue weighted by Crippen LogP contribution is 2.34. The zero-order valence-electron chi connectivity index (χ0n) is 19.7. The van der Waals surface area contributed by atoms with E-state index in [4.69, 9.17) is 9.97 Å². The zero-order valence-corrected chi connectivity index (χ0v) is 19.7. The molecule has 170 valence electrons. The number of amides is 1. The van der Waals surface area contributed by atoms with Gasteiger partial charge in [0.15, 0.2) is 0 Å². The fourth-order valence-corrected chi connectivity index (χ4v) is 4.80. The molecular weight excluding hydrogens is 410 g/mol. The van der Waals surface area contributed by atoms with Crippen LogP contribution in [0.4, 0.5) is 5.82 Å². The molecule has 6 heteroatoms. The maximum Gasteiger partial charge on any atom is 0.225 e. The van der Waals surface area contributed by atoms with Crippen LogP contribution in [0.2, 0.25) is 0 Å². The van der Waals surface area contributed by atoms with Crippen molar-refractivity contribution in [1.82, 2.24) is 19.9 Å². The van der Waals surface area contributed by atoms with Crippen molar-refractivity contribution in [2.45, 2.75) is 40.0 Å². The highest BCUT2D eigenvalue weighted by molar-refractivity contribution is 5.82. The first-order valence-corrected chi connectivity index (χ1v) is 11.9. The molecule has 1 aromatic carbocycles. The summed E-state index contributed by atoms with van der Waals surface area (Å²) in [5.74, 6) is 1.46. The van der Waals surface area contributed by atoms with Crippen LogP contribution in [0.3, 0.4) is 0 Å². The Kier molecular flexibility index (Phi) is 5.83. The number of nitrogens with zero attached hydrogens (tertiary/aromatic N) is 5. The molecule has 6 nitrogen and oxygen atoms in total. The Morgan fingerprint density at radius 2 is 1.67 bits per heavy atom. The van der Waals surface area contributed by atoms with Crippen LogP contribution in [-0.4, -0.2) is 51.9 Å². The molecule has 0 bridgehead atoms. The van der Waals surface area contributed by atoms with E-state index in [-0.39, 0.29) is 5.92 Å². The van der Waals surface area contributed by atoms with E-state index in [1.165, 1.54) is 17.5 Å². The van der Waals surface area contributed by atoms with Gasteiger partial charge >= 0.3 is 0 Å². The van der Waals surface area contributed by atoms with Crippen molar-refractivity contribution in [2.24, 2.45) is 5.92 Å². The van der Waals surface area contributed by atoms with Crippen LogP contribution >= 0.6 is 0 Å². The third kappa shape index (κ3) is 4.22. The van der Waals surface area contributed by atoms with E-state index in [2.05, 4.69) is 48.9 Å². The van der Waals surface area contributed by atoms with E-state index in [1.54, 1.807) is 0 Å². The second-order valence-electron chi connectivity index (χ2n) is 9.37. The van der Waals surface area contributed by atoms with Crippen molar-refractivity contribution in [3.05, 3.63) is 59.5 Å². The first-order chi connectivity index (χ1) is 16.0. The molecule has 33 heavy (non-hydrogen) atoms. The second-order valence-corrected chi connectivity index (χ2v) is 9.37. The molecular formula is C27H31N5O. The molecule has 3 heterocycles. The summed E-state index contributed by atoms with van der Waals surface area (Å²) in [5, 5.41) is 0. The number of anilines is 1. The number of pyridine rings is 1. The Morgan fingerprint density at radius 1 is 0.909 bits per heavy atom. The minimum Gasteiger partial charge on any atom is -0.352 e. The molecule has 1 amide bonds. The molecule has 3 aromatic rings. The number of benzene rings is 1. The molecule has 2 aromatic heterocycles. The van der Waals surface area contributed by atoms with Crippen molar-refractivity contribution in [1.29, 1.82) is 0 Å². The van der Waals surface area contributed by atoms with Crippen LogP contribution in [-0.2, 0) is 4.79 Å². The number of hydrogen-bond donors (Lipinski definition) is 0. The van der Waals surface area contributed by atoms with Gasteiger partial charge in [-0.2, -0.15) is 0 Å². The average molecular weight is 442 g/mol. The third-order valence-corrected chi connectivity index (χ3v) is 7.04. The molecule has 1 aliphatic carbocycles. The van der Waals surface area contributed by atoms with Crippen molar-refractivity contribution >= 4 is 11.7 Å². The van der Waals surface area contributed by atoms with Crippen LogP contribution in [0.25, 0.3) is 22.5 Å². The summed E-state index contributed by atoms with van der Waals surface area (Å²) in [6.07, 6.45) is 8.87. The molecule has 0 N–H and O–H groups in total. The molecule has 0 radical (unpaired) electrons. The van der Waals surface area contributed by atoms with Gasteiger partial charge in [0.1, 0.15) is 5.82 Å². The van der Waals surface area contributed by atoms with Gasteiger partial charge in [0.2, 0.25) is 5.91 Å². The maximum atomic E-state index is 12.6. The number of aromatic nitrogens is 3. The smallest absolute Gasteiger partial charge is 0.225 e. The Balaban J connectivity index is 1.47. The van der Waals surface area contributed by atoms with Crippen molar-refractivity contribution < 1.29 is 4.79 Å². The van der Waals surface area contributed by atoms with Crippen LogP contribution in [0.15, 0.2) is 42.9 Å². The predicted molar refractivity (Wildman–Crippen MR) is 131 cm³/mol. The first-order valence-electron chi connectivity index (χ1n) is 11.9. The Morgan fingerprint density at radius 3 is 2.33 bits per heavy atom. The highest BCUT2D eigenvalue weighted by Gasteiger charge is 2.31. The Labute approximate surface area is 195 Å². The molecule has 1 saturated heterocycles. The Bertz CT molecular complexity index is 1180. The lowest BCUT2D eigenvalue weighted by molar-refractivity contribution is -0.138. The summed E-state index contributed by atoms with van der Waals surface area (Å²) in [7, 11) is 0. The molecule has 1 aliphatic heterocycles. The van der Waals surface area contributed by atoms with E-state index in [9.17, 15) is 4.79 Å². The first kappa shape index (κ1) is 21.6. The summed E-state index contributed by atoms with van der Waals surface area (Å²) in [6.45, 7) is 9.36. The fourth-order valence-electron chi connectivity index (χ4n) is 4.80. The van der Waals surface area contributed by atoms with Crippen LogP contribution < -0.4 is 4.90 Å². The van der Waals surface area contributed by atoms with Crippen LogP contribution in [0, 0.1) is 26.7 Å². The predicted octanol–water partition coefficient (Wildman–Crippen LogP) is 4.58. The number of piperazine rings is 1. The summed E-state index contributed by atoms with van der Waals surface area (Å²) >= 11 is 0. The SMILES string of the molecule is Cc1ccc(-c2ncc(N3CCN(C(=O)C4CCC4)CC3)nc2-c2ccncc2C)c(C)c1. The van der Waals surface area contributed by atoms with Gasteiger partial charge < -0.3 is 9.80 Å². The topological polar surface area (TPSA) is 62.2 Å².